The number of carbonyl (C=O) groups is 1. The van der Waals surface area contributed by atoms with Crippen LogP contribution in [0.3, 0.4) is 0 Å². The van der Waals surface area contributed by atoms with Crippen LogP contribution in [0.4, 0.5) is 11.4 Å². The van der Waals surface area contributed by atoms with E-state index in [2.05, 4.69) is 5.32 Å². The van der Waals surface area contributed by atoms with E-state index in [9.17, 15) is 14.9 Å². The number of hydrogen-bond acceptors (Lipinski definition) is 4. The molecule has 2 aromatic rings. The quantitative estimate of drug-likeness (QED) is 0.651. The first-order valence-electron chi connectivity index (χ1n) is 5.98. The number of para-hydroxylation sites is 1. The summed E-state index contributed by atoms with van der Waals surface area (Å²) < 4.78 is 0. The van der Waals surface area contributed by atoms with Crippen molar-refractivity contribution in [3.63, 3.8) is 0 Å². The van der Waals surface area contributed by atoms with Gasteiger partial charge in [-0.2, -0.15) is 0 Å². The van der Waals surface area contributed by atoms with Gasteiger partial charge in [-0.15, -0.1) is 0 Å². The maximum atomic E-state index is 11.1. The lowest BCUT2D eigenvalue weighted by molar-refractivity contribution is -0.385. The first-order valence-corrected chi connectivity index (χ1v) is 6.36. The van der Waals surface area contributed by atoms with E-state index in [-0.39, 0.29) is 17.8 Å². The molecule has 0 unspecified atom stereocenters. The first kappa shape index (κ1) is 14.8. The van der Waals surface area contributed by atoms with Gasteiger partial charge in [0.25, 0.3) is 5.69 Å². The molecule has 0 saturated carbocycles. The SMILES string of the molecule is O=C(O)c1ccc(Cl)cc1NCc1ccccc1[N+](=O)[O-]. The van der Waals surface area contributed by atoms with Crippen molar-refractivity contribution in [2.24, 2.45) is 0 Å². The molecule has 0 bridgehead atoms. The minimum absolute atomic E-state index is 0.0242. The summed E-state index contributed by atoms with van der Waals surface area (Å²) in [7, 11) is 0. The number of aromatic carboxylic acids is 1. The second-order valence-electron chi connectivity index (χ2n) is 4.23. The average molecular weight is 307 g/mol. The third kappa shape index (κ3) is 3.49. The lowest BCUT2D eigenvalue weighted by Gasteiger charge is -2.10. The number of hydrogen-bond donors (Lipinski definition) is 2. The van der Waals surface area contributed by atoms with E-state index >= 15 is 0 Å². The van der Waals surface area contributed by atoms with Crippen LogP contribution in [0.2, 0.25) is 5.02 Å². The molecular formula is C14H11ClN2O4. The van der Waals surface area contributed by atoms with Crippen molar-refractivity contribution in [1.82, 2.24) is 0 Å². The highest BCUT2D eigenvalue weighted by Gasteiger charge is 2.14. The molecule has 2 N–H and O–H groups in total. The number of nitro groups is 1. The lowest BCUT2D eigenvalue weighted by Crippen LogP contribution is -2.07. The summed E-state index contributed by atoms with van der Waals surface area (Å²) in [5.41, 5.74) is 0.800. The predicted molar refractivity (Wildman–Crippen MR) is 78.8 cm³/mol. The van der Waals surface area contributed by atoms with Crippen LogP contribution in [0.15, 0.2) is 42.5 Å². The maximum absolute atomic E-state index is 11.1. The van der Waals surface area contributed by atoms with E-state index in [1.54, 1.807) is 18.2 Å². The van der Waals surface area contributed by atoms with E-state index in [1.807, 2.05) is 0 Å². The van der Waals surface area contributed by atoms with Crippen molar-refractivity contribution in [1.29, 1.82) is 0 Å². The fourth-order valence-corrected chi connectivity index (χ4v) is 2.05. The molecule has 0 aliphatic carbocycles. The van der Waals surface area contributed by atoms with Crippen molar-refractivity contribution >= 4 is 28.9 Å². The van der Waals surface area contributed by atoms with E-state index in [0.29, 0.717) is 16.3 Å². The standard InChI is InChI=1S/C14H11ClN2O4/c15-10-5-6-11(14(18)19)12(7-10)16-8-9-3-1-2-4-13(9)17(20)21/h1-7,16H,8H2,(H,18,19). The molecule has 2 aromatic carbocycles. The smallest absolute Gasteiger partial charge is 0.337 e. The number of carboxylic acids is 1. The molecule has 0 heterocycles. The van der Waals surface area contributed by atoms with Crippen LogP contribution in [-0.4, -0.2) is 16.0 Å². The van der Waals surface area contributed by atoms with Crippen molar-refractivity contribution in [2.45, 2.75) is 6.54 Å². The third-order valence-corrected chi connectivity index (χ3v) is 3.10. The molecule has 0 amide bonds. The maximum Gasteiger partial charge on any atom is 0.337 e. The summed E-state index contributed by atoms with van der Waals surface area (Å²) in [6.07, 6.45) is 0. The Morgan fingerprint density at radius 3 is 2.67 bits per heavy atom. The lowest BCUT2D eigenvalue weighted by atomic mass is 10.1. The molecule has 0 radical (unpaired) electrons. The topological polar surface area (TPSA) is 92.5 Å². The van der Waals surface area contributed by atoms with Crippen LogP contribution >= 0.6 is 11.6 Å². The van der Waals surface area contributed by atoms with E-state index in [1.165, 1.54) is 24.3 Å². The molecule has 0 spiro atoms. The molecule has 21 heavy (non-hydrogen) atoms. The molecule has 0 aromatic heterocycles. The van der Waals surface area contributed by atoms with Crippen LogP contribution in [0, 0.1) is 10.1 Å². The van der Waals surface area contributed by atoms with Crippen LogP contribution in [-0.2, 0) is 6.54 Å². The van der Waals surface area contributed by atoms with Gasteiger partial charge < -0.3 is 10.4 Å². The molecule has 7 heteroatoms. The highest BCUT2D eigenvalue weighted by molar-refractivity contribution is 6.31. The van der Waals surface area contributed by atoms with Gasteiger partial charge in [-0.1, -0.05) is 29.8 Å². The number of halogens is 1. The molecule has 0 atom stereocenters. The van der Waals surface area contributed by atoms with Crippen molar-refractivity contribution < 1.29 is 14.8 Å². The molecule has 0 aliphatic heterocycles. The Labute approximate surface area is 125 Å². The van der Waals surface area contributed by atoms with E-state index in [0.717, 1.165) is 0 Å². The summed E-state index contributed by atoms with van der Waals surface area (Å²) in [5.74, 6) is -1.10. The number of carboxylic acid groups (broad SMARTS) is 1. The summed E-state index contributed by atoms with van der Waals surface area (Å²) in [6, 6.07) is 10.6. The van der Waals surface area contributed by atoms with Gasteiger partial charge in [0.15, 0.2) is 0 Å². The molecule has 2 rings (SSSR count). The van der Waals surface area contributed by atoms with Crippen LogP contribution < -0.4 is 5.32 Å². The molecule has 6 nitrogen and oxygen atoms in total. The zero-order valence-corrected chi connectivity index (χ0v) is 11.5. The molecular weight excluding hydrogens is 296 g/mol. The summed E-state index contributed by atoms with van der Waals surface area (Å²) in [5, 5.41) is 23.3. The van der Waals surface area contributed by atoms with E-state index < -0.39 is 10.9 Å². The molecule has 0 saturated heterocycles. The van der Waals surface area contributed by atoms with Gasteiger partial charge in [0.05, 0.1) is 16.2 Å². The minimum atomic E-state index is -1.10. The Balaban J connectivity index is 2.27. The number of benzene rings is 2. The Morgan fingerprint density at radius 1 is 1.29 bits per heavy atom. The number of nitrogens with zero attached hydrogens (tertiary/aromatic N) is 1. The highest BCUT2D eigenvalue weighted by atomic mass is 35.5. The fraction of sp³-hybridized carbons (Fsp3) is 0.0714. The van der Waals surface area contributed by atoms with E-state index in [4.69, 9.17) is 16.7 Å². The van der Waals surface area contributed by atoms with Crippen LogP contribution in [0.1, 0.15) is 15.9 Å². The Bertz CT molecular complexity index is 703. The number of rotatable bonds is 5. The van der Waals surface area contributed by atoms with Gasteiger partial charge in [-0.05, 0) is 18.2 Å². The Morgan fingerprint density at radius 2 is 2.00 bits per heavy atom. The molecule has 0 fully saturated rings. The molecule has 108 valence electrons. The highest BCUT2D eigenvalue weighted by Crippen LogP contribution is 2.24. The van der Waals surface area contributed by atoms with Crippen LogP contribution in [0.5, 0.6) is 0 Å². The van der Waals surface area contributed by atoms with Gasteiger partial charge in [-0.3, -0.25) is 10.1 Å². The predicted octanol–water partition coefficient (Wildman–Crippen LogP) is 3.56. The number of nitrogens with one attached hydrogen (secondary N) is 1. The summed E-state index contributed by atoms with van der Waals surface area (Å²) in [6.45, 7) is 0.123. The van der Waals surface area contributed by atoms with Gasteiger partial charge >= 0.3 is 5.97 Å². The van der Waals surface area contributed by atoms with Gasteiger partial charge in [0.2, 0.25) is 0 Å². The Hall–Kier alpha value is -2.60. The zero-order chi connectivity index (χ0) is 15.4. The van der Waals surface area contributed by atoms with Crippen molar-refractivity contribution in [3.05, 3.63) is 68.7 Å². The number of anilines is 1. The van der Waals surface area contributed by atoms with Crippen molar-refractivity contribution in [2.75, 3.05) is 5.32 Å². The minimum Gasteiger partial charge on any atom is -0.478 e. The summed E-state index contributed by atoms with van der Waals surface area (Å²) >= 11 is 5.84. The zero-order valence-electron chi connectivity index (χ0n) is 10.7. The second kappa shape index (κ2) is 6.23. The second-order valence-corrected chi connectivity index (χ2v) is 4.67. The fourth-order valence-electron chi connectivity index (χ4n) is 1.88. The number of nitro benzene ring substituents is 1. The molecule has 0 aliphatic rings. The normalized spacial score (nSPS) is 10.1. The monoisotopic (exact) mass is 306 g/mol. The van der Waals surface area contributed by atoms with Crippen LogP contribution in [0.25, 0.3) is 0 Å². The third-order valence-electron chi connectivity index (χ3n) is 2.87. The average Bonchev–Trinajstić information content (AvgIpc) is 2.45. The van der Waals surface area contributed by atoms with Gasteiger partial charge in [-0.25, -0.2) is 4.79 Å². The Kier molecular flexibility index (Phi) is 4.39. The first-order chi connectivity index (χ1) is 9.99. The van der Waals surface area contributed by atoms with Gasteiger partial charge in [0, 0.05) is 23.2 Å². The van der Waals surface area contributed by atoms with Gasteiger partial charge in [0.1, 0.15) is 0 Å². The van der Waals surface area contributed by atoms with Crippen molar-refractivity contribution in [3.8, 4) is 0 Å². The summed E-state index contributed by atoms with van der Waals surface area (Å²) in [4.78, 5) is 21.6. The largest absolute Gasteiger partial charge is 0.478 e.